The molecular weight excluding hydrogens is 214 g/mol. The van der Waals surface area contributed by atoms with Gasteiger partial charge in [0.2, 0.25) is 0 Å². The molecule has 94 valence electrons. The van der Waals surface area contributed by atoms with Crippen molar-refractivity contribution in [3.05, 3.63) is 36.0 Å². The van der Waals surface area contributed by atoms with Gasteiger partial charge >= 0.3 is 0 Å². The van der Waals surface area contributed by atoms with Gasteiger partial charge in [-0.3, -0.25) is 0 Å². The minimum atomic E-state index is 0.581. The molecule has 0 fully saturated rings. The number of aromatic nitrogens is 1. The van der Waals surface area contributed by atoms with Gasteiger partial charge in [0.1, 0.15) is 5.82 Å². The molecule has 0 atom stereocenters. The third kappa shape index (κ3) is 6.71. The largest absolute Gasteiger partial charge is 0.384 e. The van der Waals surface area contributed by atoms with Crippen molar-refractivity contribution in [1.29, 1.82) is 0 Å². The van der Waals surface area contributed by atoms with Crippen molar-refractivity contribution in [1.82, 2.24) is 10.3 Å². The Balaban J connectivity index is 2.10. The Hall–Kier alpha value is -1.39. The highest BCUT2D eigenvalue weighted by atomic mass is 16.5. The van der Waals surface area contributed by atoms with Crippen molar-refractivity contribution in [2.24, 2.45) is 0 Å². The SMILES string of the molecule is COCCNCCC=CCc1ccnc(N)c1. The second kappa shape index (κ2) is 8.73. The number of nitrogens with zero attached hydrogens (tertiary/aromatic N) is 1. The van der Waals surface area contributed by atoms with Crippen LogP contribution in [0.2, 0.25) is 0 Å². The summed E-state index contributed by atoms with van der Waals surface area (Å²) in [5.41, 5.74) is 6.80. The van der Waals surface area contributed by atoms with E-state index in [4.69, 9.17) is 10.5 Å². The van der Waals surface area contributed by atoms with Crippen LogP contribution in [0.15, 0.2) is 30.5 Å². The van der Waals surface area contributed by atoms with Crippen LogP contribution in [0.5, 0.6) is 0 Å². The number of hydrogen-bond donors (Lipinski definition) is 2. The average molecular weight is 235 g/mol. The molecule has 1 aromatic rings. The van der Waals surface area contributed by atoms with E-state index < -0.39 is 0 Å². The number of nitrogens with two attached hydrogens (primary N) is 1. The molecule has 17 heavy (non-hydrogen) atoms. The van der Waals surface area contributed by atoms with Gasteiger partial charge in [-0.2, -0.15) is 0 Å². The van der Waals surface area contributed by atoms with Crippen LogP contribution < -0.4 is 11.1 Å². The summed E-state index contributed by atoms with van der Waals surface area (Å²) >= 11 is 0. The fourth-order valence-corrected chi connectivity index (χ4v) is 1.44. The van der Waals surface area contributed by atoms with Crippen molar-refractivity contribution in [2.75, 3.05) is 32.5 Å². The Morgan fingerprint density at radius 1 is 1.41 bits per heavy atom. The Morgan fingerprint density at radius 2 is 2.29 bits per heavy atom. The molecule has 0 saturated heterocycles. The molecule has 0 aliphatic carbocycles. The minimum Gasteiger partial charge on any atom is -0.384 e. The first-order valence-corrected chi connectivity index (χ1v) is 5.88. The third-order valence-electron chi connectivity index (χ3n) is 2.34. The average Bonchev–Trinajstić information content (AvgIpc) is 2.33. The summed E-state index contributed by atoms with van der Waals surface area (Å²) in [5, 5.41) is 3.29. The molecule has 1 aromatic heterocycles. The van der Waals surface area contributed by atoms with Gasteiger partial charge in [0.05, 0.1) is 6.61 Å². The quantitative estimate of drug-likeness (QED) is 0.528. The van der Waals surface area contributed by atoms with E-state index in [9.17, 15) is 0 Å². The lowest BCUT2D eigenvalue weighted by molar-refractivity contribution is 0.199. The lowest BCUT2D eigenvalue weighted by Gasteiger charge is -2.00. The highest BCUT2D eigenvalue weighted by molar-refractivity contribution is 5.32. The van der Waals surface area contributed by atoms with Gasteiger partial charge < -0.3 is 15.8 Å². The van der Waals surface area contributed by atoms with Gasteiger partial charge in [0, 0.05) is 19.9 Å². The molecule has 0 radical (unpaired) electrons. The number of hydrogen-bond acceptors (Lipinski definition) is 4. The second-order valence-electron chi connectivity index (χ2n) is 3.80. The molecule has 0 amide bonds. The predicted molar refractivity (Wildman–Crippen MR) is 70.9 cm³/mol. The van der Waals surface area contributed by atoms with Crippen LogP contribution in [-0.2, 0) is 11.2 Å². The van der Waals surface area contributed by atoms with Crippen molar-refractivity contribution in [3.8, 4) is 0 Å². The van der Waals surface area contributed by atoms with E-state index in [-0.39, 0.29) is 0 Å². The lowest BCUT2D eigenvalue weighted by Crippen LogP contribution is -2.19. The van der Waals surface area contributed by atoms with Crippen LogP contribution in [-0.4, -0.2) is 31.8 Å². The van der Waals surface area contributed by atoms with Gasteiger partial charge in [-0.15, -0.1) is 0 Å². The summed E-state index contributed by atoms with van der Waals surface area (Å²) in [5.74, 6) is 0.581. The van der Waals surface area contributed by atoms with E-state index in [2.05, 4.69) is 22.5 Å². The van der Waals surface area contributed by atoms with Gasteiger partial charge in [0.25, 0.3) is 0 Å². The zero-order chi connectivity index (χ0) is 12.3. The molecule has 4 nitrogen and oxygen atoms in total. The first-order valence-electron chi connectivity index (χ1n) is 5.88. The third-order valence-corrected chi connectivity index (χ3v) is 2.34. The van der Waals surface area contributed by atoms with E-state index in [1.54, 1.807) is 13.3 Å². The first-order chi connectivity index (χ1) is 8.33. The second-order valence-corrected chi connectivity index (χ2v) is 3.80. The Bertz CT molecular complexity index is 339. The van der Waals surface area contributed by atoms with Crippen LogP contribution in [0, 0.1) is 0 Å². The van der Waals surface area contributed by atoms with Gasteiger partial charge in [-0.05, 0) is 37.1 Å². The molecule has 0 saturated carbocycles. The fraction of sp³-hybridized carbons (Fsp3) is 0.462. The molecule has 4 heteroatoms. The van der Waals surface area contributed by atoms with Gasteiger partial charge in [-0.1, -0.05) is 12.2 Å². The lowest BCUT2D eigenvalue weighted by atomic mass is 10.2. The zero-order valence-corrected chi connectivity index (χ0v) is 10.4. The van der Waals surface area contributed by atoms with Crippen molar-refractivity contribution >= 4 is 5.82 Å². The number of nitrogens with one attached hydrogen (secondary N) is 1. The molecule has 0 spiro atoms. The van der Waals surface area contributed by atoms with Crippen LogP contribution in [0.4, 0.5) is 5.82 Å². The molecule has 0 bridgehead atoms. The van der Waals surface area contributed by atoms with Crippen LogP contribution >= 0.6 is 0 Å². The summed E-state index contributed by atoms with van der Waals surface area (Å²) in [6, 6.07) is 3.89. The number of ether oxygens (including phenoxy) is 1. The molecule has 0 unspecified atom stereocenters. The first kappa shape index (κ1) is 13.7. The molecule has 0 aromatic carbocycles. The fourth-order valence-electron chi connectivity index (χ4n) is 1.44. The van der Waals surface area contributed by atoms with E-state index in [0.29, 0.717) is 5.82 Å². The van der Waals surface area contributed by atoms with Crippen LogP contribution in [0.25, 0.3) is 0 Å². The minimum absolute atomic E-state index is 0.581. The number of anilines is 1. The van der Waals surface area contributed by atoms with E-state index in [0.717, 1.165) is 32.5 Å². The monoisotopic (exact) mass is 235 g/mol. The zero-order valence-electron chi connectivity index (χ0n) is 10.4. The maximum Gasteiger partial charge on any atom is 0.123 e. The van der Waals surface area contributed by atoms with Crippen LogP contribution in [0.1, 0.15) is 12.0 Å². The molecule has 1 rings (SSSR count). The normalized spacial score (nSPS) is 11.1. The standard InChI is InChI=1S/C13H21N3O/c1-17-10-9-15-7-4-2-3-5-12-6-8-16-13(14)11-12/h2-3,6,8,11,15H,4-5,7,9-10H2,1H3,(H2,14,16). The summed E-state index contributed by atoms with van der Waals surface area (Å²) in [6.07, 6.45) is 8.02. The number of methoxy groups -OCH3 is 1. The maximum absolute atomic E-state index is 5.60. The Kier molecular flexibility index (Phi) is 7.02. The summed E-state index contributed by atoms with van der Waals surface area (Å²) in [6.45, 7) is 2.66. The Labute approximate surface area is 103 Å². The summed E-state index contributed by atoms with van der Waals surface area (Å²) in [4.78, 5) is 3.96. The molecule has 0 aliphatic heterocycles. The summed E-state index contributed by atoms with van der Waals surface area (Å²) in [7, 11) is 1.71. The smallest absolute Gasteiger partial charge is 0.123 e. The molecule has 1 heterocycles. The molecule has 0 aliphatic rings. The van der Waals surface area contributed by atoms with Crippen molar-refractivity contribution in [2.45, 2.75) is 12.8 Å². The number of allylic oxidation sites excluding steroid dienone is 1. The van der Waals surface area contributed by atoms with Crippen LogP contribution in [0.3, 0.4) is 0 Å². The summed E-state index contributed by atoms with van der Waals surface area (Å²) < 4.78 is 4.94. The Morgan fingerprint density at radius 3 is 3.06 bits per heavy atom. The van der Waals surface area contributed by atoms with E-state index in [1.807, 2.05) is 12.1 Å². The number of nitrogen functional groups attached to an aromatic ring is 1. The number of rotatable bonds is 8. The van der Waals surface area contributed by atoms with Gasteiger partial charge in [-0.25, -0.2) is 4.98 Å². The highest BCUT2D eigenvalue weighted by Gasteiger charge is 1.90. The molecule has 3 N–H and O–H groups in total. The topological polar surface area (TPSA) is 60.2 Å². The van der Waals surface area contributed by atoms with Crippen molar-refractivity contribution in [3.63, 3.8) is 0 Å². The predicted octanol–water partition coefficient (Wildman–Crippen LogP) is 1.39. The maximum atomic E-state index is 5.60. The number of pyridine rings is 1. The highest BCUT2D eigenvalue weighted by Crippen LogP contribution is 2.04. The van der Waals surface area contributed by atoms with Crippen molar-refractivity contribution < 1.29 is 4.74 Å². The van der Waals surface area contributed by atoms with E-state index in [1.165, 1.54) is 5.56 Å². The molecular formula is C13H21N3O. The van der Waals surface area contributed by atoms with Gasteiger partial charge in [0.15, 0.2) is 0 Å². The van der Waals surface area contributed by atoms with E-state index >= 15 is 0 Å².